The van der Waals surface area contributed by atoms with Gasteiger partial charge in [0.2, 0.25) is 0 Å². The molecule has 0 atom stereocenters. The first-order chi connectivity index (χ1) is 7.40. The van der Waals surface area contributed by atoms with E-state index in [1.165, 1.54) is 0 Å². The molecule has 1 amide bonds. The highest BCUT2D eigenvalue weighted by Gasteiger charge is 2.14. The van der Waals surface area contributed by atoms with E-state index in [9.17, 15) is 4.79 Å². The van der Waals surface area contributed by atoms with E-state index in [1.54, 1.807) is 25.4 Å². The van der Waals surface area contributed by atoms with Crippen molar-refractivity contribution in [1.82, 2.24) is 4.98 Å². The number of anilines is 1. The van der Waals surface area contributed by atoms with Crippen LogP contribution in [0.5, 0.6) is 5.75 Å². The molecule has 1 heterocycles. The summed E-state index contributed by atoms with van der Waals surface area (Å²) in [7, 11) is 7.45. The second-order valence-electron chi connectivity index (χ2n) is 4.58. The molecule has 1 rings (SSSR count). The Hall–Kier alpha value is -1.62. The normalized spacial score (nSPS) is 11.0. The summed E-state index contributed by atoms with van der Waals surface area (Å²) in [6, 6.07) is 3.42. The number of quaternary nitrogens is 1. The second-order valence-corrected chi connectivity index (χ2v) is 4.58. The van der Waals surface area contributed by atoms with Gasteiger partial charge in [-0.25, -0.2) is 4.98 Å². The topological polar surface area (TPSA) is 51.2 Å². The summed E-state index contributed by atoms with van der Waals surface area (Å²) in [6.45, 7) is 0.402. The number of amides is 1. The fourth-order valence-corrected chi connectivity index (χ4v) is 1.22. The number of aromatic nitrogens is 1. The third-order valence-corrected chi connectivity index (χ3v) is 1.85. The molecular weight excluding hydrogens is 206 g/mol. The Morgan fingerprint density at radius 1 is 1.50 bits per heavy atom. The smallest absolute Gasteiger partial charge is 0.280 e. The number of nitrogens with zero attached hydrogens (tertiary/aromatic N) is 2. The van der Waals surface area contributed by atoms with Gasteiger partial charge in [0.25, 0.3) is 5.91 Å². The van der Waals surface area contributed by atoms with Crippen LogP contribution >= 0.6 is 0 Å². The number of carbonyl (C=O) groups is 1. The van der Waals surface area contributed by atoms with Gasteiger partial charge in [0.05, 0.1) is 28.3 Å². The Kier molecular flexibility index (Phi) is 3.84. The molecule has 0 bridgehead atoms. The van der Waals surface area contributed by atoms with Gasteiger partial charge in [0.1, 0.15) is 11.6 Å². The molecule has 0 aromatic carbocycles. The van der Waals surface area contributed by atoms with Crippen LogP contribution < -0.4 is 10.1 Å². The standard InChI is InChI=1S/C11H17N3O2/c1-14(2,3)8-11(15)13-10-7-9(16-4)5-6-12-10/h5-7H,8H2,1-4H3/p+1. The van der Waals surface area contributed by atoms with E-state index in [4.69, 9.17) is 4.74 Å². The van der Waals surface area contributed by atoms with Crippen LogP contribution in [0.1, 0.15) is 0 Å². The van der Waals surface area contributed by atoms with Gasteiger partial charge in [-0.05, 0) is 6.07 Å². The summed E-state index contributed by atoms with van der Waals surface area (Å²) in [5, 5.41) is 2.73. The highest BCUT2D eigenvalue weighted by molar-refractivity contribution is 5.90. The van der Waals surface area contributed by atoms with E-state index in [0.717, 1.165) is 0 Å². The number of ether oxygens (including phenoxy) is 1. The van der Waals surface area contributed by atoms with E-state index in [0.29, 0.717) is 22.6 Å². The molecule has 0 unspecified atom stereocenters. The highest BCUT2D eigenvalue weighted by atomic mass is 16.5. The van der Waals surface area contributed by atoms with Gasteiger partial charge in [-0.15, -0.1) is 0 Å². The van der Waals surface area contributed by atoms with Crippen molar-refractivity contribution in [3.05, 3.63) is 18.3 Å². The maximum absolute atomic E-state index is 11.6. The summed E-state index contributed by atoms with van der Waals surface area (Å²) in [6.07, 6.45) is 1.60. The van der Waals surface area contributed by atoms with Crippen LogP contribution in [-0.4, -0.2) is 50.2 Å². The third kappa shape index (κ3) is 4.27. The van der Waals surface area contributed by atoms with Crippen molar-refractivity contribution in [3.8, 4) is 5.75 Å². The molecule has 0 saturated heterocycles. The summed E-state index contributed by atoms with van der Waals surface area (Å²) in [5.41, 5.74) is 0. The lowest BCUT2D eigenvalue weighted by Gasteiger charge is -2.22. The Morgan fingerprint density at radius 2 is 2.19 bits per heavy atom. The number of likely N-dealkylation sites (N-methyl/N-ethyl adjacent to an activating group) is 1. The molecule has 1 aromatic rings. The molecule has 0 fully saturated rings. The lowest BCUT2D eigenvalue weighted by atomic mass is 10.4. The number of nitrogens with one attached hydrogen (secondary N) is 1. The molecule has 1 aromatic heterocycles. The quantitative estimate of drug-likeness (QED) is 0.767. The van der Waals surface area contributed by atoms with Crippen LogP contribution in [0, 0.1) is 0 Å². The van der Waals surface area contributed by atoms with Crippen LogP contribution in [-0.2, 0) is 4.79 Å². The van der Waals surface area contributed by atoms with E-state index in [2.05, 4.69) is 10.3 Å². The zero-order valence-electron chi connectivity index (χ0n) is 10.2. The SMILES string of the molecule is COc1ccnc(NC(=O)C[N+](C)(C)C)c1. The van der Waals surface area contributed by atoms with Gasteiger partial charge in [-0.2, -0.15) is 0 Å². The monoisotopic (exact) mass is 224 g/mol. The zero-order valence-corrected chi connectivity index (χ0v) is 10.2. The number of carbonyl (C=O) groups excluding carboxylic acids is 1. The Labute approximate surface area is 95.6 Å². The van der Waals surface area contributed by atoms with Gasteiger partial charge in [0.15, 0.2) is 6.54 Å². The van der Waals surface area contributed by atoms with Gasteiger partial charge in [-0.1, -0.05) is 0 Å². The van der Waals surface area contributed by atoms with Crippen molar-refractivity contribution in [2.24, 2.45) is 0 Å². The van der Waals surface area contributed by atoms with Gasteiger partial charge >= 0.3 is 0 Å². The van der Waals surface area contributed by atoms with Gasteiger partial charge in [-0.3, -0.25) is 4.79 Å². The minimum Gasteiger partial charge on any atom is -0.497 e. The maximum atomic E-state index is 11.6. The first kappa shape index (κ1) is 12.4. The molecule has 0 aliphatic rings. The molecule has 0 aliphatic heterocycles. The predicted octanol–water partition coefficient (Wildman–Crippen LogP) is 0.735. The third-order valence-electron chi connectivity index (χ3n) is 1.85. The summed E-state index contributed by atoms with van der Waals surface area (Å²) in [4.78, 5) is 15.7. The summed E-state index contributed by atoms with van der Waals surface area (Å²) < 4.78 is 5.62. The van der Waals surface area contributed by atoms with E-state index >= 15 is 0 Å². The van der Waals surface area contributed by atoms with Gasteiger partial charge in [0, 0.05) is 12.3 Å². The fourth-order valence-electron chi connectivity index (χ4n) is 1.22. The molecule has 0 aliphatic carbocycles. The van der Waals surface area contributed by atoms with Crippen molar-refractivity contribution in [2.45, 2.75) is 0 Å². The van der Waals surface area contributed by atoms with Crippen molar-refractivity contribution < 1.29 is 14.0 Å². The number of methoxy groups -OCH3 is 1. The van der Waals surface area contributed by atoms with Crippen LogP contribution in [0.4, 0.5) is 5.82 Å². The average Bonchev–Trinajstić information content (AvgIpc) is 2.15. The minimum absolute atomic E-state index is 0.0618. The molecule has 5 nitrogen and oxygen atoms in total. The Morgan fingerprint density at radius 3 is 2.75 bits per heavy atom. The molecule has 0 spiro atoms. The van der Waals surface area contributed by atoms with Crippen molar-refractivity contribution >= 4 is 11.7 Å². The van der Waals surface area contributed by atoms with Crippen LogP contribution in [0.2, 0.25) is 0 Å². The highest BCUT2D eigenvalue weighted by Crippen LogP contribution is 2.13. The minimum atomic E-state index is -0.0618. The molecule has 16 heavy (non-hydrogen) atoms. The first-order valence-electron chi connectivity index (χ1n) is 5.01. The maximum Gasteiger partial charge on any atom is 0.280 e. The number of pyridine rings is 1. The second kappa shape index (κ2) is 4.94. The summed E-state index contributed by atoms with van der Waals surface area (Å²) in [5.74, 6) is 1.13. The van der Waals surface area contributed by atoms with Gasteiger partial charge < -0.3 is 14.5 Å². The molecule has 1 N–H and O–H groups in total. The molecule has 88 valence electrons. The van der Waals surface area contributed by atoms with E-state index < -0.39 is 0 Å². The van der Waals surface area contributed by atoms with Crippen LogP contribution in [0.15, 0.2) is 18.3 Å². The number of hydrogen-bond donors (Lipinski definition) is 1. The molecular formula is C11H18N3O2+. The van der Waals surface area contributed by atoms with Crippen molar-refractivity contribution in [2.75, 3.05) is 40.1 Å². The zero-order chi connectivity index (χ0) is 12.2. The predicted molar refractivity (Wildman–Crippen MR) is 62.3 cm³/mol. The van der Waals surface area contributed by atoms with E-state index in [1.807, 2.05) is 21.1 Å². The first-order valence-corrected chi connectivity index (χ1v) is 5.01. The Balaban J connectivity index is 2.62. The van der Waals surface area contributed by atoms with Crippen LogP contribution in [0.3, 0.4) is 0 Å². The van der Waals surface area contributed by atoms with E-state index in [-0.39, 0.29) is 5.91 Å². The lowest BCUT2D eigenvalue weighted by molar-refractivity contribution is -0.861. The molecule has 5 heteroatoms. The van der Waals surface area contributed by atoms with Crippen molar-refractivity contribution in [3.63, 3.8) is 0 Å². The lowest BCUT2D eigenvalue weighted by Crippen LogP contribution is -2.41. The van der Waals surface area contributed by atoms with Crippen LogP contribution in [0.25, 0.3) is 0 Å². The van der Waals surface area contributed by atoms with Crippen molar-refractivity contribution in [1.29, 1.82) is 0 Å². The summed E-state index contributed by atoms with van der Waals surface area (Å²) >= 11 is 0. The molecule has 0 radical (unpaired) electrons. The number of hydrogen-bond acceptors (Lipinski definition) is 3. The average molecular weight is 224 g/mol. The Bertz CT molecular complexity index is 372. The molecule has 0 saturated carbocycles. The fraction of sp³-hybridized carbons (Fsp3) is 0.455. The number of rotatable bonds is 4. The largest absolute Gasteiger partial charge is 0.497 e.